The average molecular weight is 457 g/mol. The van der Waals surface area contributed by atoms with Gasteiger partial charge in [0, 0.05) is 41.7 Å². The number of aromatic amines is 1. The molecule has 0 spiro atoms. The van der Waals surface area contributed by atoms with Crippen molar-refractivity contribution < 1.29 is 13.5 Å². The van der Waals surface area contributed by atoms with E-state index in [9.17, 15) is 14.0 Å². The van der Waals surface area contributed by atoms with Crippen LogP contribution in [0.4, 0.5) is 14.5 Å². The van der Waals surface area contributed by atoms with Crippen LogP contribution in [0.5, 0.6) is 5.75 Å². The lowest BCUT2D eigenvalue weighted by molar-refractivity contribution is 0.188. The molecule has 2 aliphatic rings. The molecule has 6 nitrogen and oxygen atoms in total. The number of hydrogen-bond donors (Lipinski definition) is 1. The number of likely N-dealkylation sites (N-methyl/N-ethyl adjacent to an activating group) is 1. The third-order valence-corrected chi connectivity index (χ3v) is 6.72. The Labute approximate surface area is 195 Å². The quantitative estimate of drug-likeness (QED) is 0.478. The van der Waals surface area contributed by atoms with Gasteiger partial charge in [-0.05, 0) is 37.4 Å². The molecule has 3 aromatic carbocycles. The number of piperazine rings is 1. The normalized spacial score (nSPS) is 17.7. The van der Waals surface area contributed by atoms with Gasteiger partial charge in [0.05, 0.1) is 28.9 Å². The minimum atomic E-state index is -0.979. The second-order valence-electron chi connectivity index (χ2n) is 8.83. The first-order valence-electron chi connectivity index (χ1n) is 11.1. The van der Waals surface area contributed by atoms with E-state index in [1.54, 1.807) is 12.1 Å². The lowest BCUT2D eigenvalue weighted by atomic mass is 9.96. The molecule has 4 aromatic rings. The van der Waals surface area contributed by atoms with Gasteiger partial charge in [-0.15, -0.1) is 0 Å². The second-order valence-corrected chi connectivity index (χ2v) is 8.83. The fraction of sp³-hybridized carbons (Fsp3) is 0.231. The highest BCUT2D eigenvalue weighted by Crippen LogP contribution is 2.40. The van der Waals surface area contributed by atoms with Gasteiger partial charge in [0.15, 0.2) is 11.6 Å². The van der Waals surface area contributed by atoms with E-state index in [-0.39, 0.29) is 11.1 Å². The lowest BCUT2D eigenvalue weighted by Gasteiger charge is -2.44. The summed E-state index contributed by atoms with van der Waals surface area (Å²) in [6.45, 7) is 3.53. The van der Waals surface area contributed by atoms with Gasteiger partial charge < -0.3 is 14.5 Å². The Morgan fingerprint density at radius 2 is 2.00 bits per heavy atom. The van der Waals surface area contributed by atoms with E-state index in [1.807, 2.05) is 12.1 Å². The number of rotatable bonds is 2. The summed E-state index contributed by atoms with van der Waals surface area (Å²) in [5, 5.41) is 17.8. The first-order valence-corrected chi connectivity index (χ1v) is 11.1. The van der Waals surface area contributed by atoms with Gasteiger partial charge >= 0.3 is 0 Å². The molecule has 34 heavy (non-hydrogen) atoms. The number of anilines is 1. The smallest absolute Gasteiger partial charge is 0.166 e. The van der Waals surface area contributed by atoms with Crippen LogP contribution in [0.1, 0.15) is 5.56 Å². The van der Waals surface area contributed by atoms with Gasteiger partial charge in [-0.3, -0.25) is 5.10 Å². The monoisotopic (exact) mass is 457 g/mol. The van der Waals surface area contributed by atoms with Crippen LogP contribution in [0.3, 0.4) is 0 Å². The van der Waals surface area contributed by atoms with Crippen molar-refractivity contribution >= 4 is 16.6 Å². The minimum Gasteiger partial charge on any atom is -0.489 e. The Balaban J connectivity index is 1.45. The maximum absolute atomic E-state index is 14.6. The van der Waals surface area contributed by atoms with E-state index in [2.05, 4.69) is 39.2 Å². The molecule has 6 rings (SSSR count). The number of ether oxygens (including phenoxy) is 1. The van der Waals surface area contributed by atoms with Crippen molar-refractivity contribution in [3.05, 3.63) is 65.7 Å². The van der Waals surface area contributed by atoms with E-state index in [1.165, 1.54) is 12.1 Å². The van der Waals surface area contributed by atoms with E-state index >= 15 is 0 Å². The highest BCUT2D eigenvalue weighted by Gasteiger charge is 2.32. The van der Waals surface area contributed by atoms with Crippen LogP contribution in [-0.4, -0.2) is 54.4 Å². The molecule has 0 radical (unpaired) electrons. The number of halogens is 2. The highest BCUT2D eigenvalue weighted by atomic mass is 19.2. The first kappa shape index (κ1) is 20.6. The van der Waals surface area contributed by atoms with Crippen molar-refractivity contribution in [3.63, 3.8) is 0 Å². The topological polar surface area (TPSA) is 68.2 Å². The minimum absolute atomic E-state index is 0.0421. The molecule has 2 aliphatic heterocycles. The number of aromatic nitrogens is 2. The molecule has 0 amide bonds. The molecule has 8 heteroatoms. The summed E-state index contributed by atoms with van der Waals surface area (Å²) in [6.07, 6.45) is 0. The van der Waals surface area contributed by atoms with Crippen LogP contribution in [0, 0.1) is 23.0 Å². The molecule has 1 atom stereocenters. The molecule has 170 valence electrons. The van der Waals surface area contributed by atoms with Crippen LogP contribution in [-0.2, 0) is 0 Å². The van der Waals surface area contributed by atoms with Crippen molar-refractivity contribution in [1.29, 1.82) is 5.26 Å². The molecule has 1 fully saturated rings. The second kappa shape index (κ2) is 7.82. The van der Waals surface area contributed by atoms with Gasteiger partial charge in [-0.25, -0.2) is 8.78 Å². The van der Waals surface area contributed by atoms with Gasteiger partial charge in [0.2, 0.25) is 0 Å². The summed E-state index contributed by atoms with van der Waals surface area (Å²) in [5.41, 5.74) is 3.82. The van der Waals surface area contributed by atoms with E-state index < -0.39 is 11.6 Å². The first-order chi connectivity index (χ1) is 16.5. The Kier molecular flexibility index (Phi) is 4.74. The number of benzene rings is 3. The maximum atomic E-state index is 14.6. The zero-order valence-electron chi connectivity index (χ0n) is 18.5. The SMILES string of the molecule is CN1CCN2c3ccc(-c4n[nH]c5cc(C#N)c(-c6cccc(F)c6F)cc45)cc3OCC2C1. The summed E-state index contributed by atoms with van der Waals surface area (Å²) in [4.78, 5) is 4.71. The van der Waals surface area contributed by atoms with Gasteiger partial charge in [-0.2, -0.15) is 10.4 Å². The molecule has 1 N–H and O–H groups in total. The average Bonchev–Trinajstić information content (AvgIpc) is 3.27. The number of nitriles is 1. The molecule has 1 unspecified atom stereocenters. The third-order valence-electron chi connectivity index (χ3n) is 6.72. The number of fused-ring (bicyclic) bond motifs is 4. The van der Waals surface area contributed by atoms with E-state index in [0.717, 1.165) is 42.7 Å². The summed E-state index contributed by atoms with van der Waals surface area (Å²) in [5.74, 6) is -1.13. The van der Waals surface area contributed by atoms with Crippen molar-refractivity contribution in [1.82, 2.24) is 15.1 Å². The van der Waals surface area contributed by atoms with Gasteiger partial charge in [-0.1, -0.05) is 18.2 Å². The molecule has 3 heterocycles. The lowest BCUT2D eigenvalue weighted by Crippen LogP contribution is -2.56. The summed E-state index contributed by atoms with van der Waals surface area (Å²) in [6, 6.07) is 15.7. The van der Waals surface area contributed by atoms with Crippen LogP contribution in [0.2, 0.25) is 0 Å². The molecule has 1 saturated heterocycles. The molecular weight excluding hydrogens is 436 g/mol. The Bertz CT molecular complexity index is 1470. The van der Waals surface area contributed by atoms with Crippen molar-refractivity contribution in [2.45, 2.75) is 6.04 Å². The standard InChI is InChI=1S/C26H21F2N5O/c1-32-7-8-33-17(13-32)14-34-24-10-15(5-6-23(24)33)26-20-11-19(16(12-29)9-22(20)30-31-26)18-3-2-4-21(27)25(18)28/h2-6,9-11,17H,7-8,13-14H2,1H3,(H,30,31). The predicted molar refractivity (Wildman–Crippen MR) is 126 cm³/mol. The fourth-order valence-electron chi connectivity index (χ4n) is 4.98. The van der Waals surface area contributed by atoms with Crippen LogP contribution < -0.4 is 9.64 Å². The van der Waals surface area contributed by atoms with Gasteiger partial charge in [0.1, 0.15) is 18.1 Å². The molecule has 1 aromatic heterocycles. The van der Waals surface area contributed by atoms with Crippen LogP contribution >= 0.6 is 0 Å². The Morgan fingerprint density at radius 3 is 2.85 bits per heavy atom. The third kappa shape index (κ3) is 3.20. The Hall–Kier alpha value is -3.96. The van der Waals surface area contributed by atoms with Crippen LogP contribution in [0.25, 0.3) is 33.3 Å². The number of hydrogen-bond acceptors (Lipinski definition) is 5. The molecule has 0 saturated carbocycles. The van der Waals surface area contributed by atoms with Crippen molar-refractivity contribution in [2.75, 3.05) is 38.2 Å². The fourth-order valence-corrected chi connectivity index (χ4v) is 4.98. The highest BCUT2D eigenvalue weighted by molar-refractivity contribution is 5.98. The van der Waals surface area contributed by atoms with Gasteiger partial charge in [0.25, 0.3) is 0 Å². The molecule has 0 aliphatic carbocycles. The zero-order chi connectivity index (χ0) is 23.4. The maximum Gasteiger partial charge on any atom is 0.166 e. The van der Waals surface area contributed by atoms with E-state index in [4.69, 9.17) is 4.74 Å². The summed E-state index contributed by atoms with van der Waals surface area (Å²) in [7, 11) is 2.13. The number of H-pyrrole nitrogens is 1. The van der Waals surface area contributed by atoms with E-state index in [0.29, 0.717) is 34.8 Å². The van der Waals surface area contributed by atoms with Crippen LogP contribution in [0.15, 0.2) is 48.5 Å². The summed E-state index contributed by atoms with van der Waals surface area (Å²) < 4.78 is 34.6. The number of nitrogens with one attached hydrogen (secondary N) is 1. The molecular formula is C26H21F2N5O. The van der Waals surface area contributed by atoms with Crippen molar-refractivity contribution in [3.8, 4) is 34.2 Å². The number of nitrogens with zero attached hydrogens (tertiary/aromatic N) is 4. The summed E-state index contributed by atoms with van der Waals surface area (Å²) >= 11 is 0. The Morgan fingerprint density at radius 1 is 1.12 bits per heavy atom. The van der Waals surface area contributed by atoms with Crippen molar-refractivity contribution in [2.24, 2.45) is 0 Å². The molecule has 0 bridgehead atoms. The largest absolute Gasteiger partial charge is 0.489 e. The zero-order valence-corrected chi connectivity index (χ0v) is 18.5. The predicted octanol–water partition coefficient (Wildman–Crippen LogP) is 4.56.